The van der Waals surface area contributed by atoms with Gasteiger partial charge in [0.15, 0.2) is 0 Å². The lowest BCUT2D eigenvalue weighted by molar-refractivity contribution is -0.676. The van der Waals surface area contributed by atoms with Crippen molar-refractivity contribution in [1.29, 1.82) is 0 Å². The van der Waals surface area contributed by atoms with Crippen LogP contribution in [0.15, 0.2) is 18.2 Å². The smallest absolute Gasteiger partial charge is 0.112 e. The second-order valence-corrected chi connectivity index (χ2v) is 4.12. The normalized spacial score (nSPS) is 22.2. The van der Waals surface area contributed by atoms with Gasteiger partial charge in [-0.25, -0.2) is 0 Å². The van der Waals surface area contributed by atoms with Crippen LogP contribution < -0.4 is 5.32 Å². The van der Waals surface area contributed by atoms with Gasteiger partial charge in [-0.15, -0.1) is 0 Å². The summed E-state index contributed by atoms with van der Waals surface area (Å²) in [6, 6.07) is 7.62. The third-order valence-electron chi connectivity index (χ3n) is 3.13. The molecule has 1 saturated heterocycles. The van der Waals surface area contributed by atoms with E-state index in [-0.39, 0.29) is 0 Å². The first-order chi connectivity index (χ1) is 6.27. The van der Waals surface area contributed by atoms with Crippen LogP contribution in [0.25, 0.3) is 0 Å². The van der Waals surface area contributed by atoms with Crippen LogP contribution in [0.1, 0.15) is 35.6 Å². The predicted molar refractivity (Wildman–Crippen MR) is 54.7 cm³/mol. The second kappa shape index (κ2) is 3.51. The average Bonchev–Trinajstić information content (AvgIpc) is 2.62. The maximum atomic E-state index is 2.46. The molecule has 0 bridgehead atoms. The zero-order chi connectivity index (χ0) is 9.26. The highest BCUT2D eigenvalue weighted by Gasteiger charge is 2.19. The number of nitrogens with two attached hydrogens (primary N) is 1. The molecule has 1 aliphatic heterocycles. The van der Waals surface area contributed by atoms with Crippen molar-refractivity contribution in [1.82, 2.24) is 0 Å². The zero-order valence-electron chi connectivity index (χ0n) is 8.51. The predicted octanol–water partition coefficient (Wildman–Crippen LogP) is 1.70. The molecule has 1 nitrogen and oxygen atoms in total. The number of hydrogen-bond acceptors (Lipinski definition) is 0. The molecule has 1 heteroatoms. The SMILES string of the molecule is Cc1ccc([C@H]2CCC[NH2+]2)cc1C. The third-order valence-corrected chi connectivity index (χ3v) is 3.13. The van der Waals surface area contributed by atoms with Crippen LogP contribution in [-0.4, -0.2) is 6.54 Å². The van der Waals surface area contributed by atoms with Crippen LogP contribution in [0.3, 0.4) is 0 Å². The molecule has 1 aromatic carbocycles. The molecule has 0 unspecified atom stereocenters. The van der Waals surface area contributed by atoms with E-state index in [2.05, 4.69) is 37.4 Å². The summed E-state index contributed by atoms with van der Waals surface area (Å²) in [6.45, 7) is 5.68. The minimum absolute atomic E-state index is 0.735. The maximum Gasteiger partial charge on any atom is 0.112 e. The summed E-state index contributed by atoms with van der Waals surface area (Å²) < 4.78 is 0. The molecule has 1 atom stereocenters. The molecule has 1 aliphatic rings. The van der Waals surface area contributed by atoms with Crippen molar-refractivity contribution in [3.63, 3.8) is 0 Å². The summed E-state index contributed by atoms with van der Waals surface area (Å²) in [4.78, 5) is 0. The Morgan fingerprint density at radius 1 is 1.23 bits per heavy atom. The molecule has 0 amide bonds. The van der Waals surface area contributed by atoms with E-state index in [0.29, 0.717) is 0 Å². The summed E-state index contributed by atoms with van der Waals surface area (Å²) in [5.41, 5.74) is 4.35. The van der Waals surface area contributed by atoms with Gasteiger partial charge in [-0.05, 0) is 31.0 Å². The highest BCUT2D eigenvalue weighted by atomic mass is 14.9. The Morgan fingerprint density at radius 2 is 2.08 bits per heavy atom. The van der Waals surface area contributed by atoms with Crippen LogP contribution in [0.5, 0.6) is 0 Å². The van der Waals surface area contributed by atoms with E-state index >= 15 is 0 Å². The average molecular weight is 176 g/mol. The van der Waals surface area contributed by atoms with Gasteiger partial charge in [0.25, 0.3) is 0 Å². The van der Waals surface area contributed by atoms with Gasteiger partial charge in [-0.1, -0.05) is 12.1 Å². The molecule has 1 fully saturated rings. The Bertz CT molecular complexity index is 298. The van der Waals surface area contributed by atoms with Gasteiger partial charge >= 0.3 is 0 Å². The minimum Gasteiger partial charge on any atom is -0.340 e. The second-order valence-electron chi connectivity index (χ2n) is 4.12. The lowest BCUT2D eigenvalue weighted by Gasteiger charge is -2.09. The van der Waals surface area contributed by atoms with Crippen molar-refractivity contribution in [2.45, 2.75) is 32.7 Å². The first-order valence-corrected chi connectivity index (χ1v) is 5.18. The Kier molecular flexibility index (Phi) is 2.36. The van der Waals surface area contributed by atoms with E-state index in [1.54, 1.807) is 0 Å². The molecule has 0 aliphatic carbocycles. The Hall–Kier alpha value is -0.820. The fourth-order valence-electron chi connectivity index (χ4n) is 2.07. The number of rotatable bonds is 1. The minimum atomic E-state index is 0.735. The van der Waals surface area contributed by atoms with Crippen molar-refractivity contribution in [3.05, 3.63) is 34.9 Å². The molecular weight excluding hydrogens is 158 g/mol. The van der Waals surface area contributed by atoms with Gasteiger partial charge in [-0.3, -0.25) is 0 Å². The Morgan fingerprint density at radius 3 is 2.69 bits per heavy atom. The first-order valence-electron chi connectivity index (χ1n) is 5.18. The van der Waals surface area contributed by atoms with Crippen molar-refractivity contribution in [2.75, 3.05) is 6.54 Å². The van der Waals surface area contributed by atoms with E-state index < -0.39 is 0 Å². The number of benzene rings is 1. The Balaban J connectivity index is 2.25. The molecule has 70 valence electrons. The zero-order valence-corrected chi connectivity index (χ0v) is 8.51. The van der Waals surface area contributed by atoms with Crippen LogP contribution in [0.2, 0.25) is 0 Å². The molecule has 0 saturated carbocycles. The largest absolute Gasteiger partial charge is 0.340 e. The van der Waals surface area contributed by atoms with Crippen LogP contribution in [0, 0.1) is 13.8 Å². The molecule has 2 N–H and O–H groups in total. The quantitative estimate of drug-likeness (QED) is 0.670. The molecule has 0 radical (unpaired) electrons. The first kappa shape index (κ1) is 8.76. The standard InChI is InChI=1S/C12H17N/c1-9-5-6-11(8-10(9)2)12-4-3-7-13-12/h5-6,8,12-13H,3-4,7H2,1-2H3/p+1/t12-/m1/s1. The van der Waals surface area contributed by atoms with Gasteiger partial charge < -0.3 is 5.32 Å². The van der Waals surface area contributed by atoms with Crippen LogP contribution in [0.4, 0.5) is 0 Å². The van der Waals surface area contributed by atoms with Crippen molar-refractivity contribution < 1.29 is 5.32 Å². The van der Waals surface area contributed by atoms with Gasteiger partial charge in [0.2, 0.25) is 0 Å². The fourth-order valence-corrected chi connectivity index (χ4v) is 2.07. The summed E-state index contributed by atoms with van der Waals surface area (Å²) in [5.74, 6) is 0. The molecule has 0 aromatic heterocycles. The monoisotopic (exact) mass is 176 g/mol. The third kappa shape index (κ3) is 1.75. The van der Waals surface area contributed by atoms with Gasteiger partial charge in [0, 0.05) is 18.4 Å². The van der Waals surface area contributed by atoms with Gasteiger partial charge in [-0.2, -0.15) is 0 Å². The Labute approximate surface area is 80.2 Å². The van der Waals surface area contributed by atoms with Gasteiger partial charge in [0.1, 0.15) is 6.04 Å². The number of aryl methyl sites for hydroxylation is 2. The molecule has 1 aromatic rings. The molecule has 13 heavy (non-hydrogen) atoms. The van der Waals surface area contributed by atoms with Crippen LogP contribution >= 0.6 is 0 Å². The lowest BCUT2D eigenvalue weighted by Crippen LogP contribution is -2.81. The number of hydrogen-bond donors (Lipinski definition) is 1. The van der Waals surface area contributed by atoms with E-state index in [1.807, 2.05) is 0 Å². The lowest BCUT2D eigenvalue weighted by atomic mass is 10.0. The molecular formula is C12H18N+. The van der Waals surface area contributed by atoms with Crippen molar-refractivity contribution >= 4 is 0 Å². The van der Waals surface area contributed by atoms with Gasteiger partial charge in [0.05, 0.1) is 6.54 Å². The molecule has 2 rings (SSSR count). The molecule has 0 spiro atoms. The van der Waals surface area contributed by atoms with Crippen molar-refractivity contribution in [2.24, 2.45) is 0 Å². The van der Waals surface area contributed by atoms with E-state index in [1.165, 1.54) is 36.1 Å². The van der Waals surface area contributed by atoms with E-state index in [9.17, 15) is 0 Å². The summed E-state index contributed by atoms with van der Waals surface area (Å²) in [6.07, 6.45) is 2.72. The highest BCUT2D eigenvalue weighted by molar-refractivity contribution is 5.31. The summed E-state index contributed by atoms with van der Waals surface area (Å²) in [5, 5.41) is 2.46. The van der Waals surface area contributed by atoms with Crippen LogP contribution in [-0.2, 0) is 0 Å². The summed E-state index contributed by atoms with van der Waals surface area (Å²) >= 11 is 0. The molecule has 1 heterocycles. The topological polar surface area (TPSA) is 16.6 Å². The highest BCUT2D eigenvalue weighted by Crippen LogP contribution is 2.19. The summed E-state index contributed by atoms with van der Waals surface area (Å²) in [7, 11) is 0. The van der Waals surface area contributed by atoms with E-state index in [0.717, 1.165) is 6.04 Å². The maximum absolute atomic E-state index is 2.46. The fraction of sp³-hybridized carbons (Fsp3) is 0.500. The van der Waals surface area contributed by atoms with Crippen molar-refractivity contribution in [3.8, 4) is 0 Å². The number of quaternary nitrogens is 1. The van der Waals surface area contributed by atoms with E-state index in [4.69, 9.17) is 0 Å².